The first-order chi connectivity index (χ1) is 16.4. The molecule has 0 aliphatic rings. The van der Waals surface area contributed by atoms with Crippen molar-refractivity contribution in [1.82, 2.24) is 20.1 Å². The molecule has 0 aliphatic heterocycles. The minimum Gasteiger partial charge on any atom is -0.485 e. The highest BCUT2D eigenvalue weighted by Gasteiger charge is 2.27. The molecule has 180 valence electrons. The molecule has 0 spiro atoms. The van der Waals surface area contributed by atoms with E-state index >= 15 is 0 Å². The maximum atomic E-state index is 12.5. The van der Waals surface area contributed by atoms with Crippen LogP contribution in [0.1, 0.15) is 19.7 Å². The van der Waals surface area contributed by atoms with Crippen LogP contribution in [0.15, 0.2) is 59.8 Å². The van der Waals surface area contributed by atoms with Gasteiger partial charge in [-0.2, -0.15) is 0 Å². The number of carbonyl (C=O) groups excluding carboxylic acids is 2. The number of rotatable bonds is 11. The van der Waals surface area contributed by atoms with Crippen LogP contribution in [-0.4, -0.2) is 45.7 Å². The first kappa shape index (κ1) is 25.3. The van der Waals surface area contributed by atoms with E-state index in [9.17, 15) is 9.59 Å². The lowest BCUT2D eigenvalue weighted by Crippen LogP contribution is -2.42. The number of hydrogen-bond acceptors (Lipinski definition) is 7. The molecule has 0 aliphatic carbocycles. The Hall–Kier alpha value is -3.37. The van der Waals surface area contributed by atoms with E-state index in [1.807, 2.05) is 73.0 Å². The van der Waals surface area contributed by atoms with Gasteiger partial charge in [0.1, 0.15) is 12.4 Å². The van der Waals surface area contributed by atoms with Gasteiger partial charge in [-0.25, -0.2) is 4.79 Å². The summed E-state index contributed by atoms with van der Waals surface area (Å²) in [7, 11) is 1.61. The third-order valence-corrected chi connectivity index (χ3v) is 6.51. The second-order valence-electron chi connectivity index (χ2n) is 7.83. The number of primary amides is 1. The Morgan fingerprint density at radius 2 is 1.79 bits per heavy atom. The van der Waals surface area contributed by atoms with Crippen molar-refractivity contribution in [1.29, 1.82) is 0 Å². The number of carbonyl (C=O) groups is 2. The van der Waals surface area contributed by atoms with Gasteiger partial charge in [0.2, 0.25) is 5.91 Å². The van der Waals surface area contributed by atoms with Crippen molar-refractivity contribution in [2.75, 3.05) is 13.7 Å². The van der Waals surface area contributed by atoms with Gasteiger partial charge in [0.15, 0.2) is 11.0 Å². The second kappa shape index (κ2) is 12.2. The molecule has 34 heavy (non-hydrogen) atoms. The smallest absolute Gasteiger partial charge is 0.318 e. The average Bonchev–Trinajstić information content (AvgIpc) is 3.21. The molecule has 3 rings (SSSR count). The fraction of sp³-hybridized carbons (Fsp3) is 0.333. The van der Waals surface area contributed by atoms with Crippen LogP contribution >= 0.6 is 11.8 Å². The zero-order valence-electron chi connectivity index (χ0n) is 19.4. The van der Waals surface area contributed by atoms with E-state index in [-0.39, 0.29) is 12.5 Å². The highest BCUT2D eigenvalue weighted by molar-refractivity contribution is 8.00. The molecule has 0 fully saturated rings. The van der Waals surface area contributed by atoms with Gasteiger partial charge in [0.25, 0.3) is 0 Å². The third-order valence-electron chi connectivity index (χ3n) is 4.98. The van der Waals surface area contributed by atoms with Crippen LogP contribution in [0.4, 0.5) is 4.79 Å². The zero-order valence-corrected chi connectivity index (χ0v) is 20.2. The molecule has 10 heteroatoms. The fourth-order valence-electron chi connectivity index (χ4n) is 3.31. The largest absolute Gasteiger partial charge is 0.485 e. The number of aromatic nitrogens is 3. The van der Waals surface area contributed by atoms with Crippen LogP contribution < -0.4 is 15.8 Å². The first-order valence-corrected chi connectivity index (χ1v) is 11.7. The minimum atomic E-state index is -0.886. The van der Waals surface area contributed by atoms with Gasteiger partial charge >= 0.3 is 6.03 Å². The number of methoxy groups -OCH3 is 1. The average molecular weight is 484 g/mol. The summed E-state index contributed by atoms with van der Waals surface area (Å²) >= 11 is 1.22. The molecule has 0 bridgehead atoms. The number of thioether (sulfide) groups is 1. The predicted molar refractivity (Wildman–Crippen MR) is 130 cm³/mol. The molecule has 3 N–H and O–H groups in total. The SMILES string of the molecule is COCCn1c(COc2ccccc2-c2ccccc2)nnc1S[C@@H](C(=O)NC(N)=O)C(C)C. The molecule has 0 unspecified atom stereocenters. The van der Waals surface area contributed by atoms with Crippen molar-refractivity contribution in [3.63, 3.8) is 0 Å². The Kier molecular flexibility index (Phi) is 9.06. The second-order valence-corrected chi connectivity index (χ2v) is 8.94. The van der Waals surface area contributed by atoms with Gasteiger partial charge in [-0.1, -0.05) is 74.1 Å². The van der Waals surface area contributed by atoms with E-state index in [0.717, 1.165) is 16.9 Å². The van der Waals surface area contributed by atoms with Crippen LogP contribution in [0.5, 0.6) is 5.75 Å². The Labute approximate surface area is 203 Å². The molecule has 1 atom stereocenters. The minimum absolute atomic E-state index is 0.0747. The summed E-state index contributed by atoms with van der Waals surface area (Å²) in [4.78, 5) is 23.6. The Bertz CT molecular complexity index is 1100. The predicted octanol–water partition coefficient (Wildman–Crippen LogP) is 3.48. The number of para-hydroxylation sites is 1. The summed E-state index contributed by atoms with van der Waals surface area (Å²) in [6.07, 6.45) is 0. The molecule has 1 aromatic heterocycles. The molecule has 9 nitrogen and oxygen atoms in total. The van der Waals surface area contributed by atoms with Crippen LogP contribution in [0, 0.1) is 5.92 Å². The Balaban J connectivity index is 1.82. The summed E-state index contributed by atoms with van der Waals surface area (Å²) < 4.78 is 13.3. The molecule has 3 amide bonds. The monoisotopic (exact) mass is 483 g/mol. The van der Waals surface area contributed by atoms with E-state index in [4.69, 9.17) is 15.2 Å². The number of ether oxygens (including phenoxy) is 2. The number of hydrogen-bond donors (Lipinski definition) is 2. The molecule has 1 heterocycles. The lowest BCUT2D eigenvalue weighted by atomic mass is 10.1. The highest BCUT2D eigenvalue weighted by Crippen LogP contribution is 2.31. The summed E-state index contributed by atoms with van der Waals surface area (Å²) in [5.74, 6) is 0.781. The summed E-state index contributed by atoms with van der Waals surface area (Å²) in [5.41, 5.74) is 7.15. The van der Waals surface area contributed by atoms with Crippen LogP contribution in [0.3, 0.4) is 0 Å². The number of imide groups is 1. The van der Waals surface area contributed by atoms with Crippen LogP contribution in [0.25, 0.3) is 11.1 Å². The summed E-state index contributed by atoms with van der Waals surface area (Å²) in [6, 6.07) is 16.9. The molecule has 2 aromatic carbocycles. The van der Waals surface area contributed by atoms with Crippen molar-refractivity contribution in [3.05, 3.63) is 60.4 Å². The number of amides is 3. The lowest BCUT2D eigenvalue weighted by molar-refractivity contribution is -0.120. The number of urea groups is 1. The summed E-state index contributed by atoms with van der Waals surface area (Å²) in [6.45, 7) is 4.87. The maximum absolute atomic E-state index is 12.5. The molecule has 3 aromatic rings. The lowest BCUT2D eigenvalue weighted by Gasteiger charge is -2.19. The highest BCUT2D eigenvalue weighted by atomic mass is 32.2. The van der Waals surface area contributed by atoms with Gasteiger partial charge in [0.05, 0.1) is 11.9 Å². The van der Waals surface area contributed by atoms with E-state index in [0.29, 0.717) is 24.1 Å². The van der Waals surface area contributed by atoms with Gasteiger partial charge in [-0.05, 0) is 17.5 Å². The molecule has 0 saturated heterocycles. The Morgan fingerprint density at radius 3 is 2.47 bits per heavy atom. The standard InChI is InChI=1S/C24H29N5O4S/c1-16(2)21(22(30)26-23(25)31)34-24-28-27-20(29(24)13-14-32-3)15-33-19-12-8-7-11-18(19)17-9-5-4-6-10-17/h4-12,16,21H,13-15H2,1-3H3,(H3,25,26,30,31)/t21-/m1/s1. The number of nitrogens with one attached hydrogen (secondary N) is 1. The van der Waals surface area contributed by atoms with E-state index in [1.54, 1.807) is 7.11 Å². The van der Waals surface area contributed by atoms with Crippen LogP contribution in [-0.2, 0) is 22.7 Å². The van der Waals surface area contributed by atoms with Crippen molar-refractivity contribution in [2.24, 2.45) is 11.7 Å². The zero-order chi connectivity index (χ0) is 24.5. The van der Waals surface area contributed by atoms with Crippen molar-refractivity contribution < 1.29 is 19.1 Å². The van der Waals surface area contributed by atoms with Gasteiger partial charge in [-0.15, -0.1) is 10.2 Å². The molecular weight excluding hydrogens is 454 g/mol. The van der Waals surface area contributed by atoms with E-state index < -0.39 is 17.2 Å². The quantitative estimate of drug-likeness (QED) is 0.401. The maximum Gasteiger partial charge on any atom is 0.318 e. The van der Waals surface area contributed by atoms with Crippen LogP contribution in [0.2, 0.25) is 0 Å². The number of benzene rings is 2. The van der Waals surface area contributed by atoms with Crippen molar-refractivity contribution in [3.8, 4) is 16.9 Å². The summed E-state index contributed by atoms with van der Waals surface area (Å²) in [5, 5.41) is 10.7. The number of nitrogens with zero attached hydrogens (tertiary/aromatic N) is 3. The molecule has 0 saturated carbocycles. The topological polar surface area (TPSA) is 121 Å². The Morgan fingerprint density at radius 1 is 1.09 bits per heavy atom. The van der Waals surface area contributed by atoms with Gasteiger partial charge in [0, 0.05) is 19.2 Å². The van der Waals surface area contributed by atoms with E-state index in [2.05, 4.69) is 15.5 Å². The van der Waals surface area contributed by atoms with Crippen molar-refractivity contribution >= 4 is 23.7 Å². The van der Waals surface area contributed by atoms with Gasteiger partial charge in [-0.3, -0.25) is 10.1 Å². The normalized spacial score (nSPS) is 11.9. The third kappa shape index (κ3) is 6.58. The van der Waals surface area contributed by atoms with E-state index in [1.165, 1.54) is 11.8 Å². The first-order valence-electron chi connectivity index (χ1n) is 10.9. The fourth-order valence-corrected chi connectivity index (χ4v) is 4.39. The number of nitrogens with two attached hydrogens (primary N) is 1. The molecular formula is C24H29N5O4S. The molecule has 0 radical (unpaired) electrons. The van der Waals surface area contributed by atoms with Crippen molar-refractivity contribution in [2.45, 2.75) is 37.4 Å². The van der Waals surface area contributed by atoms with Gasteiger partial charge < -0.3 is 19.8 Å².